The maximum absolute atomic E-state index is 11.9. The molecule has 1 aromatic rings. The molecule has 23 heavy (non-hydrogen) atoms. The summed E-state index contributed by atoms with van der Waals surface area (Å²) in [4.78, 5) is 14.0. The Morgan fingerprint density at radius 1 is 1.35 bits per heavy atom. The lowest BCUT2D eigenvalue weighted by molar-refractivity contribution is -0.122. The molecule has 0 bridgehead atoms. The third-order valence-corrected chi connectivity index (χ3v) is 4.43. The maximum Gasteiger partial charge on any atom is 0.234 e. The number of amides is 1. The van der Waals surface area contributed by atoms with Crippen LogP contribution >= 0.6 is 0 Å². The number of nitrogens with one attached hydrogen (secondary N) is 1. The number of aliphatic hydroxyl groups excluding tert-OH is 1. The Hall–Kier alpha value is -1.43. The summed E-state index contributed by atoms with van der Waals surface area (Å²) < 4.78 is 4.96. The second-order valence-electron chi connectivity index (χ2n) is 6.17. The predicted molar refractivity (Wildman–Crippen MR) is 90.1 cm³/mol. The Kier molecular flexibility index (Phi) is 7.52. The average molecular weight is 320 g/mol. The van der Waals surface area contributed by atoms with Crippen molar-refractivity contribution in [1.82, 2.24) is 10.2 Å². The highest BCUT2D eigenvalue weighted by molar-refractivity contribution is 5.77. The highest BCUT2D eigenvalue weighted by Gasteiger charge is 2.26. The van der Waals surface area contributed by atoms with Crippen LogP contribution in [0.25, 0.3) is 0 Å². The first-order chi connectivity index (χ1) is 11.2. The molecule has 1 saturated heterocycles. The molecular weight excluding hydrogens is 292 g/mol. The van der Waals surface area contributed by atoms with Crippen LogP contribution in [-0.4, -0.2) is 55.8 Å². The summed E-state index contributed by atoms with van der Waals surface area (Å²) in [7, 11) is 1.66. The SMILES string of the molecule is COCCCNC(=O)CN1CCC(C(O)c2ccccc2)CC1. The second-order valence-corrected chi connectivity index (χ2v) is 6.17. The molecule has 0 aliphatic carbocycles. The number of piperidine rings is 1. The van der Waals surface area contributed by atoms with E-state index in [2.05, 4.69) is 10.2 Å². The van der Waals surface area contributed by atoms with Gasteiger partial charge in [-0.1, -0.05) is 30.3 Å². The summed E-state index contributed by atoms with van der Waals surface area (Å²) in [5.41, 5.74) is 0.988. The van der Waals surface area contributed by atoms with Crippen LogP contribution in [0.3, 0.4) is 0 Å². The average Bonchev–Trinajstić information content (AvgIpc) is 2.59. The number of methoxy groups -OCH3 is 1. The van der Waals surface area contributed by atoms with Crippen molar-refractivity contribution in [3.63, 3.8) is 0 Å². The summed E-state index contributed by atoms with van der Waals surface area (Å²) in [6.45, 7) is 3.50. The molecule has 0 saturated carbocycles. The Morgan fingerprint density at radius 3 is 2.70 bits per heavy atom. The summed E-state index contributed by atoms with van der Waals surface area (Å²) in [5.74, 6) is 0.349. The monoisotopic (exact) mass is 320 g/mol. The van der Waals surface area contributed by atoms with Gasteiger partial charge in [-0.25, -0.2) is 0 Å². The highest BCUT2D eigenvalue weighted by atomic mass is 16.5. The zero-order chi connectivity index (χ0) is 16.5. The number of carbonyl (C=O) groups excluding carboxylic acids is 1. The van der Waals surface area contributed by atoms with Gasteiger partial charge >= 0.3 is 0 Å². The van der Waals surface area contributed by atoms with E-state index in [1.807, 2.05) is 30.3 Å². The van der Waals surface area contributed by atoms with Gasteiger partial charge in [0.05, 0.1) is 12.6 Å². The van der Waals surface area contributed by atoms with Gasteiger partial charge < -0.3 is 15.2 Å². The van der Waals surface area contributed by atoms with Gasteiger partial charge in [0, 0.05) is 20.3 Å². The maximum atomic E-state index is 11.9. The quantitative estimate of drug-likeness (QED) is 0.714. The van der Waals surface area contributed by atoms with Crippen molar-refractivity contribution in [1.29, 1.82) is 0 Å². The van der Waals surface area contributed by atoms with Gasteiger partial charge in [0.2, 0.25) is 5.91 Å². The molecule has 5 nitrogen and oxygen atoms in total. The first kappa shape index (κ1) is 17.9. The van der Waals surface area contributed by atoms with E-state index in [-0.39, 0.29) is 11.8 Å². The van der Waals surface area contributed by atoms with Gasteiger partial charge in [0.1, 0.15) is 0 Å². The summed E-state index contributed by atoms with van der Waals surface area (Å²) in [6.07, 6.45) is 2.29. The number of hydrogen-bond acceptors (Lipinski definition) is 4. The number of nitrogens with zero attached hydrogens (tertiary/aromatic N) is 1. The molecule has 2 N–H and O–H groups in total. The number of hydrogen-bond donors (Lipinski definition) is 2. The Morgan fingerprint density at radius 2 is 2.04 bits per heavy atom. The van der Waals surface area contributed by atoms with Crippen molar-refractivity contribution in [2.45, 2.75) is 25.4 Å². The van der Waals surface area contributed by atoms with Gasteiger partial charge in [-0.05, 0) is 43.8 Å². The third-order valence-electron chi connectivity index (χ3n) is 4.43. The minimum absolute atomic E-state index is 0.0724. The normalized spacial score (nSPS) is 17.8. The van der Waals surface area contributed by atoms with Crippen molar-refractivity contribution in [2.24, 2.45) is 5.92 Å². The van der Waals surface area contributed by atoms with Gasteiger partial charge in [-0.3, -0.25) is 9.69 Å². The van der Waals surface area contributed by atoms with Crippen LogP contribution in [0.4, 0.5) is 0 Å². The first-order valence-electron chi connectivity index (χ1n) is 8.41. The lowest BCUT2D eigenvalue weighted by atomic mass is 9.87. The molecule has 1 aromatic carbocycles. The van der Waals surface area contributed by atoms with E-state index in [4.69, 9.17) is 4.74 Å². The molecule has 1 atom stereocenters. The van der Waals surface area contributed by atoms with Crippen LogP contribution in [0.2, 0.25) is 0 Å². The number of ether oxygens (including phenoxy) is 1. The van der Waals surface area contributed by atoms with E-state index < -0.39 is 6.10 Å². The molecule has 1 fully saturated rings. The molecule has 1 heterocycles. The fraction of sp³-hybridized carbons (Fsp3) is 0.611. The number of benzene rings is 1. The molecule has 1 aliphatic rings. The first-order valence-corrected chi connectivity index (χ1v) is 8.41. The lowest BCUT2D eigenvalue weighted by Crippen LogP contribution is -2.42. The van der Waals surface area contributed by atoms with Crippen molar-refractivity contribution in [3.8, 4) is 0 Å². The number of likely N-dealkylation sites (tertiary alicyclic amines) is 1. The molecule has 0 spiro atoms. The fourth-order valence-electron chi connectivity index (χ4n) is 3.05. The summed E-state index contributed by atoms with van der Waals surface area (Å²) in [5, 5.41) is 13.4. The number of rotatable bonds is 8. The standard InChI is InChI=1S/C18H28N2O3/c1-23-13-5-10-19-17(21)14-20-11-8-16(9-12-20)18(22)15-6-3-2-4-7-15/h2-4,6-7,16,18,22H,5,8-14H2,1H3,(H,19,21). The number of carbonyl (C=O) groups is 1. The van der Waals surface area contributed by atoms with E-state index in [1.54, 1.807) is 7.11 Å². The molecule has 5 heteroatoms. The second kappa shape index (κ2) is 9.65. The van der Waals surface area contributed by atoms with Crippen LogP contribution in [0.5, 0.6) is 0 Å². The smallest absolute Gasteiger partial charge is 0.234 e. The van der Waals surface area contributed by atoms with Crippen molar-refractivity contribution in [2.75, 3.05) is 39.9 Å². The van der Waals surface area contributed by atoms with E-state index in [0.717, 1.165) is 37.9 Å². The third kappa shape index (κ3) is 5.94. The largest absolute Gasteiger partial charge is 0.388 e. The lowest BCUT2D eigenvalue weighted by Gasteiger charge is -2.34. The van der Waals surface area contributed by atoms with E-state index >= 15 is 0 Å². The van der Waals surface area contributed by atoms with Crippen LogP contribution < -0.4 is 5.32 Å². The van der Waals surface area contributed by atoms with Crippen LogP contribution in [0, 0.1) is 5.92 Å². The zero-order valence-electron chi connectivity index (χ0n) is 13.9. The topological polar surface area (TPSA) is 61.8 Å². The van der Waals surface area contributed by atoms with E-state index in [9.17, 15) is 9.90 Å². The molecule has 128 valence electrons. The van der Waals surface area contributed by atoms with Crippen molar-refractivity contribution >= 4 is 5.91 Å². The van der Waals surface area contributed by atoms with Gasteiger partial charge in [0.25, 0.3) is 0 Å². The molecular formula is C18H28N2O3. The molecule has 1 amide bonds. The minimum atomic E-state index is -0.402. The summed E-state index contributed by atoms with van der Waals surface area (Å²) in [6, 6.07) is 9.84. The molecule has 2 rings (SSSR count). The predicted octanol–water partition coefficient (Wildman–Crippen LogP) is 1.58. The Balaban J connectivity index is 1.68. The molecule has 1 unspecified atom stereocenters. The number of aliphatic hydroxyl groups is 1. The zero-order valence-corrected chi connectivity index (χ0v) is 13.9. The Labute approximate surface area is 138 Å². The van der Waals surface area contributed by atoms with Crippen molar-refractivity contribution in [3.05, 3.63) is 35.9 Å². The van der Waals surface area contributed by atoms with Gasteiger partial charge in [-0.2, -0.15) is 0 Å². The fourth-order valence-corrected chi connectivity index (χ4v) is 3.05. The van der Waals surface area contributed by atoms with Crippen LogP contribution in [0.1, 0.15) is 30.9 Å². The summed E-state index contributed by atoms with van der Waals surface area (Å²) >= 11 is 0. The molecule has 0 radical (unpaired) electrons. The molecule has 1 aliphatic heterocycles. The van der Waals surface area contributed by atoms with Crippen LogP contribution in [0.15, 0.2) is 30.3 Å². The Bertz CT molecular complexity index is 459. The van der Waals surface area contributed by atoms with Gasteiger partial charge in [-0.15, -0.1) is 0 Å². The van der Waals surface area contributed by atoms with E-state index in [0.29, 0.717) is 19.7 Å². The van der Waals surface area contributed by atoms with E-state index in [1.165, 1.54) is 0 Å². The highest BCUT2D eigenvalue weighted by Crippen LogP contribution is 2.30. The van der Waals surface area contributed by atoms with Crippen LogP contribution in [-0.2, 0) is 9.53 Å². The van der Waals surface area contributed by atoms with Crippen molar-refractivity contribution < 1.29 is 14.6 Å². The molecule has 0 aromatic heterocycles. The minimum Gasteiger partial charge on any atom is -0.388 e. The van der Waals surface area contributed by atoms with Gasteiger partial charge in [0.15, 0.2) is 0 Å².